The summed E-state index contributed by atoms with van der Waals surface area (Å²) in [5.41, 5.74) is -0.878. The third-order valence-electron chi connectivity index (χ3n) is 3.96. The highest BCUT2D eigenvalue weighted by molar-refractivity contribution is 7.89. The number of methoxy groups -OCH3 is 1. The van der Waals surface area contributed by atoms with Crippen molar-refractivity contribution in [1.29, 1.82) is 0 Å². The molecule has 0 radical (unpaired) electrons. The highest BCUT2D eigenvalue weighted by Crippen LogP contribution is 2.37. The maximum Gasteiger partial charge on any atom is 0.417 e. The van der Waals surface area contributed by atoms with E-state index in [2.05, 4.69) is 0 Å². The first kappa shape index (κ1) is 18.0. The molecule has 0 saturated carbocycles. The Bertz CT molecular complexity index is 654. The van der Waals surface area contributed by atoms with E-state index < -0.39 is 26.7 Å². The van der Waals surface area contributed by atoms with Crippen molar-refractivity contribution >= 4 is 15.7 Å². The Hall–Kier alpha value is -1.32. The van der Waals surface area contributed by atoms with Crippen LogP contribution < -0.4 is 10.0 Å². The number of halogens is 3. The van der Waals surface area contributed by atoms with Crippen molar-refractivity contribution in [2.45, 2.75) is 23.9 Å². The molecule has 0 amide bonds. The number of piperidine rings is 1. The van der Waals surface area contributed by atoms with Gasteiger partial charge < -0.3 is 9.64 Å². The van der Waals surface area contributed by atoms with Crippen molar-refractivity contribution in [3.05, 3.63) is 23.8 Å². The first-order valence-electron chi connectivity index (χ1n) is 7.11. The minimum atomic E-state index is -4.79. The monoisotopic (exact) mass is 352 g/mol. The number of alkyl halides is 3. The van der Waals surface area contributed by atoms with Gasteiger partial charge in [0, 0.05) is 32.5 Å². The van der Waals surface area contributed by atoms with Crippen LogP contribution in [0.25, 0.3) is 0 Å². The molecule has 0 aliphatic carbocycles. The van der Waals surface area contributed by atoms with E-state index in [-0.39, 0.29) is 0 Å². The van der Waals surface area contributed by atoms with Crippen molar-refractivity contribution < 1.29 is 26.3 Å². The van der Waals surface area contributed by atoms with Gasteiger partial charge in [0.15, 0.2) is 0 Å². The fourth-order valence-corrected chi connectivity index (χ4v) is 3.52. The first-order chi connectivity index (χ1) is 10.6. The van der Waals surface area contributed by atoms with Gasteiger partial charge in [-0.3, -0.25) is 0 Å². The minimum absolute atomic E-state index is 0.348. The number of nitrogens with two attached hydrogens (primary N) is 1. The molecule has 1 aliphatic rings. The molecule has 0 bridgehead atoms. The van der Waals surface area contributed by atoms with E-state index in [0.717, 1.165) is 25.0 Å². The number of benzene rings is 1. The smallest absolute Gasteiger partial charge is 0.384 e. The molecule has 2 N–H and O–H groups in total. The van der Waals surface area contributed by atoms with Gasteiger partial charge in [0.25, 0.3) is 0 Å². The lowest BCUT2D eigenvalue weighted by Gasteiger charge is -2.33. The van der Waals surface area contributed by atoms with Gasteiger partial charge in [-0.2, -0.15) is 13.2 Å². The van der Waals surface area contributed by atoms with E-state index in [0.29, 0.717) is 31.3 Å². The van der Waals surface area contributed by atoms with Crippen molar-refractivity contribution in [2.75, 3.05) is 31.7 Å². The molecule has 23 heavy (non-hydrogen) atoms. The number of ether oxygens (including phenoxy) is 1. The fourth-order valence-electron chi connectivity index (χ4n) is 2.78. The largest absolute Gasteiger partial charge is 0.417 e. The summed E-state index contributed by atoms with van der Waals surface area (Å²) in [5.74, 6) is 0.391. The minimum Gasteiger partial charge on any atom is -0.384 e. The Morgan fingerprint density at radius 1 is 1.30 bits per heavy atom. The molecule has 9 heteroatoms. The Balaban J connectivity index is 2.29. The zero-order chi connectivity index (χ0) is 17.3. The van der Waals surface area contributed by atoms with E-state index in [9.17, 15) is 21.6 Å². The predicted molar refractivity (Wildman–Crippen MR) is 79.6 cm³/mol. The lowest BCUT2D eigenvalue weighted by molar-refractivity contribution is -0.139. The number of sulfonamides is 1. The van der Waals surface area contributed by atoms with Crippen LogP contribution in [0.5, 0.6) is 0 Å². The number of primary sulfonamides is 1. The van der Waals surface area contributed by atoms with Crippen molar-refractivity contribution in [2.24, 2.45) is 11.1 Å². The molecule has 0 aromatic heterocycles. The zero-order valence-electron chi connectivity index (χ0n) is 12.6. The van der Waals surface area contributed by atoms with Crippen LogP contribution in [0, 0.1) is 5.92 Å². The fraction of sp³-hybridized carbons (Fsp3) is 0.571. The highest BCUT2D eigenvalue weighted by Gasteiger charge is 2.37. The van der Waals surface area contributed by atoms with Gasteiger partial charge in [-0.1, -0.05) is 0 Å². The molecular weight excluding hydrogens is 333 g/mol. The number of nitrogens with zero attached hydrogens (tertiary/aromatic N) is 1. The van der Waals surface area contributed by atoms with Gasteiger partial charge in [0.1, 0.15) is 0 Å². The van der Waals surface area contributed by atoms with Gasteiger partial charge in [-0.25, -0.2) is 13.6 Å². The lowest BCUT2D eigenvalue weighted by Crippen LogP contribution is -2.35. The summed E-state index contributed by atoms with van der Waals surface area (Å²) in [5, 5.41) is 4.88. The van der Waals surface area contributed by atoms with Crippen LogP contribution in [0.4, 0.5) is 18.9 Å². The third kappa shape index (κ3) is 4.36. The first-order valence-corrected chi connectivity index (χ1v) is 8.65. The van der Waals surface area contributed by atoms with E-state index in [1.165, 1.54) is 6.07 Å². The van der Waals surface area contributed by atoms with Gasteiger partial charge in [-0.15, -0.1) is 0 Å². The maximum atomic E-state index is 13.1. The Kier molecular flexibility index (Phi) is 5.22. The standard InChI is InChI=1S/C14H19F3N2O3S/c1-22-9-10-4-6-19(7-5-10)11-2-3-13(23(18,20)21)12(8-11)14(15,16)17/h2-3,8,10H,4-7,9H2,1H3,(H2,18,20,21). The summed E-state index contributed by atoms with van der Waals surface area (Å²) >= 11 is 0. The molecular formula is C14H19F3N2O3S. The highest BCUT2D eigenvalue weighted by atomic mass is 32.2. The SMILES string of the molecule is COCC1CCN(c2ccc(S(N)(=O)=O)c(C(F)(F)F)c2)CC1. The maximum absolute atomic E-state index is 13.1. The average molecular weight is 352 g/mol. The second kappa shape index (κ2) is 6.66. The molecule has 1 heterocycles. The summed E-state index contributed by atoms with van der Waals surface area (Å²) in [7, 11) is -2.82. The molecule has 1 aliphatic heterocycles. The van der Waals surface area contributed by atoms with Crippen molar-refractivity contribution in [3.63, 3.8) is 0 Å². The van der Waals surface area contributed by atoms with Crippen molar-refractivity contribution in [1.82, 2.24) is 0 Å². The molecule has 2 rings (SSSR count). The zero-order valence-corrected chi connectivity index (χ0v) is 13.5. The van der Waals surface area contributed by atoms with Crippen LogP contribution in [0.3, 0.4) is 0 Å². The quantitative estimate of drug-likeness (QED) is 0.902. The number of rotatable bonds is 4. The molecule has 1 fully saturated rings. The third-order valence-corrected chi connectivity index (χ3v) is 4.93. The number of anilines is 1. The summed E-state index contributed by atoms with van der Waals surface area (Å²) < 4.78 is 67.2. The number of hydrogen-bond donors (Lipinski definition) is 1. The molecule has 0 atom stereocenters. The van der Waals surface area contributed by atoms with E-state index in [1.54, 1.807) is 7.11 Å². The molecule has 0 unspecified atom stereocenters. The van der Waals surface area contributed by atoms with Crippen LogP contribution in [-0.4, -0.2) is 35.2 Å². The second-order valence-electron chi connectivity index (χ2n) is 5.61. The molecule has 1 aromatic carbocycles. The predicted octanol–water partition coefficient (Wildman–Crippen LogP) is 2.22. The summed E-state index contributed by atoms with van der Waals surface area (Å²) in [6.07, 6.45) is -3.16. The van der Waals surface area contributed by atoms with Crippen LogP contribution >= 0.6 is 0 Å². The van der Waals surface area contributed by atoms with Crippen LogP contribution in [0.15, 0.2) is 23.1 Å². The Morgan fingerprint density at radius 3 is 2.39 bits per heavy atom. The average Bonchev–Trinajstić information content (AvgIpc) is 2.46. The molecule has 0 spiro atoms. The van der Waals surface area contributed by atoms with Gasteiger partial charge in [0.2, 0.25) is 10.0 Å². The second-order valence-corrected chi connectivity index (χ2v) is 7.14. The Labute approximate surface area is 133 Å². The summed E-state index contributed by atoms with van der Waals surface area (Å²) in [6.45, 7) is 1.83. The van der Waals surface area contributed by atoms with Gasteiger partial charge >= 0.3 is 6.18 Å². The molecule has 1 aromatic rings. The van der Waals surface area contributed by atoms with Crippen LogP contribution in [-0.2, 0) is 20.9 Å². The van der Waals surface area contributed by atoms with Crippen LogP contribution in [0.1, 0.15) is 18.4 Å². The van der Waals surface area contributed by atoms with Gasteiger partial charge in [0.05, 0.1) is 10.5 Å². The van der Waals surface area contributed by atoms with Crippen LogP contribution in [0.2, 0.25) is 0 Å². The molecule has 5 nitrogen and oxygen atoms in total. The van der Waals surface area contributed by atoms with Gasteiger partial charge in [-0.05, 0) is 37.0 Å². The van der Waals surface area contributed by atoms with E-state index in [1.807, 2.05) is 4.90 Å². The lowest BCUT2D eigenvalue weighted by atomic mass is 9.97. The van der Waals surface area contributed by atoms with Crippen molar-refractivity contribution in [3.8, 4) is 0 Å². The summed E-state index contributed by atoms with van der Waals surface area (Å²) in [4.78, 5) is 0.914. The summed E-state index contributed by atoms with van der Waals surface area (Å²) in [6, 6.07) is 3.15. The van der Waals surface area contributed by atoms with E-state index >= 15 is 0 Å². The topological polar surface area (TPSA) is 72.6 Å². The number of hydrogen-bond acceptors (Lipinski definition) is 4. The normalized spacial score (nSPS) is 17.5. The van der Waals surface area contributed by atoms with E-state index in [4.69, 9.17) is 9.88 Å². The molecule has 130 valence electrons. The Morgan fingerprint density at radius 2 is 1.91 bits per heavy atom. The molecule has 1 saturated heterocycles.